The highest BCUT2D eigenvalue weighted by Crippen LogP contribution is 2.15. The molecule has 0 spiro atoms. The van der Waals surface area contributed by atoms with Gasteiger partial charge in [-0.05, 0) is 25.8 Å². The summed E-state index contributed by atoms with van der Waals surface area (Å²) in [7, 11) is 0. The Morgan fingerprint density at radius 2 is 2.39 bits per heavy atom. The molecule has 0 saturated carbocycles. The Morgan fingerprint density at radius 1 is 1.39 bits per heavy atom. The van der Waals surface area contributed by atoms with Crippen molar-refractivity contribution in [3.63, 3.8) is 0 Å². The Morgan fingerprint density at radius 3 is 3.17 bits per heavy atom. The van der Waals surface area contributed by atoms with Crippen LogP contribution >= 0.6 is 0 Å². The molecule has 3 rings (SSSR count). The van der Waals surface area contributed by atoms with E-state index in [-0.39, 0.29) is 0 Å². The molecule has 0 aromatic carbocycles. The predicted octanol–water partition coefficient (Wildman–Crippen LogP) is 0.929. The molecule has 1 atom stereocenters. The molecule has 3 heterocycles. The maximum absolute atomic E-state index is 5.21. The fourth-order valence-corrected chi connectivity index (χ4v) is 2.24. The monoisotopic (exact) mass is 248 g/mol. The zero-order chi connectivity index (χ0) is 12.2. The minimum Gasteiger partial charge on any atom is -0.339 e. The van der Waals surface area contributed by atoms with Crippen LogP contribution in [0, 0.1) is 0 Å². The number of hydrogen-bond donors (Lipinski definition) is 2. The molecule has 2 aromatic heterocycles. The van der Waals surface area contributed by atoms with E-state index in [1.165, 1.54) is 19.3 Å². The van der Waals surface area contributed by atoms with E-state index in [0.717, 1.165) is 19.4 Å². The summed E-state index contributed by atoms with van der Waals surface area (Å²) in [5, 5.41) is 17.6. The maximum Gasteiger partial charge on any atom is 0.227 e. The van der Waals surface area contributed by atoms with Gasteiger partial charge in [-0.15, -0.1) is 0 Å². The lowest BCUT2D eigenvalue weighted by molar-refractivity contribution is 0.342. The van der Waals surface area contributed by atoms with Crippen LogP contribution in [0.1, 0.15) is 31.6 Å². The molecule has 1 fully saturated rings. The van der Waals surface area contributed by atoms with Gasteiger partial charge in [-0.1, -0.05) is 11.6 Å². The van der Waals surface area contributed by atoms with Crippen molar-refractivity contribution in [3.8, 4) is 11.5 Å². The van der Waals surface area contributed by atoms with E-state index in [1.807, 2.05) is 0 Å². The van der Waals surface area contributed by atoms with Crippen molar-refractivity contribution < 1.29 is 4.52 Å². The molecule has 0 amide bonds. The van der Waals surface area contributed by atoms with Gasteiger partial charge in [0.1, 0.15) is 0 Å². The lowest BCUT2D eigenvalue weighted by Gasteiger charge is -2.22. The van der Waals surface area contributed by atoms with Crippen LogP contribution in [0.15, 0.2) is 10.7 Å². The Kier molecular flexibility index (Phi) is 3.31. The molecule has 7 heteroatoms. The summed E-state index contributed by atoms with van der Waals surface area (Å²) in [6, 6.07) is 0.584. The summed E-state index contributed by atoms with van der Waals surface area (Å²) in [5.74, 6) is 1.16. The van der Waals surface area contributed by atoms with Gasteiger partial charge in [0.05, 0.1) is 6.20 Å². The summed E-state index contributed by atoms with van der Waals surface area (Å²) in [5.41, 5.74) is 0.612. The van der Waals surface area contributed by atoms with Crippen molar-refractivity contribution in [1.29, 1.82) is 0 Å². The van der Waals surface area contributed by atoms with Crippen molar-refractivity contribution in [1.82, 2.24) is 30.9 Å². The molecule has 0 radical (unpaired) electrons. The first-order chi connectivity index (χ1) is 8.92. The van der Waals surface area contributed by atoms with Crippen LogP contribution in [-0.2, 0) is 6.42 Å². The molecule has 2 N–H and O–H groups in total. The topological polar surface area (TPSA) is 92.5 Å². The van der Waals surface area contributed by atoms with E-state index in [0.29, 0.717) is 23.5 Å². The van der Waals surface area contributed by atoms with E-state index >= 15 is 0 Å². The average Bonchev–Trinajstić information content (AvgIpc) is 3.08. The minimum atomic E-state index is 0.496. The quantitative estimate of drug-likeness (QED) is 0.836. The number of piperidine rings is 1. The van der Waals surface area contributed by atoms with E-state index in [9.17, 15) is 0 Å². The molecular weight excluding hydrogens is 232 g/mol. The summed E-state index contributed by atoms with van der Waals surface area (Å²) in [4.78, 5) is 4.31. The Balaban J connectivity index is 1.57. The lowest BCUT2D eigenvalue weighted by Crippen LogP contribution is -2.34. The molecule has 1 aliphatic heterocycles. The molecule has 0 aliphatic carbocycles. The zero-order valence-corrected chi connectivity index (χ0v) is 10.1. The fourth-order valence-electron chi connectivity index (χ4n) is 2.24. The van der Waals surface area contributed by atoms with Gasteiger partial charge in [-0.3, -0.25) is 0 Å². The minimum absolute atomic E-state index is 0.496. The molecule has 1 aliphatic rings. The molecule has 1 unspecified atom stereocenters. The average molecular weight is 248 g/mol. The van der Waals surface area contributed by atoms with Gasteiger partial charge < -0.3 is 9.84 Å². The second-order valence-corrected chi connectivity index (χ2v) is 4.55. The van der Waals surface area contributed by atoms with Crippen LogP contribution in [0.4, 0.5) is 0 Å². The van der Waals surface area contributed by atoms with Crippen molar-refractivity contribution in [2.75, 3.05) is 6.54 Å². The highest BCUT2D eigenvalue weighted by molar-refractivity contribution is 5.44. The predicted molar refractivity (Wildman–Crippen MR) is 63.6 cm³/mol. The summed E-state index contributed by atoms with van der Waals surface area (Å²) < 4.78 is 5.21. The molecular formula is C11H16N6O. The number of rotatable bonds is 4. The van der Waals surface area contributed by atoms with E-state index in [2.05, 4.69) is 30.9 Å². The standard InChI is InChI=1S/C11H16N6O/c1-2-6-12-8(3-1)4-5-10-14-11(16-18-10)9-7-13-17-15-9/h7-8,12H,1-6H2,(H,13,15,17). The number of nitrogens with zero attached hydrogens (tertiary/aromatic N) is 4. The summed E-state index contributed by atoms with van der Waals surface area (Å²) >= 11 is 0. The van der Waals surface area contributed by atoms with Crippen LogP contribution in [0.3, 0.4) is 0 Å². The highest BCUT2D eigenvalue weighted by Gasteiger charge is 2.15. The smallest absolute Gasteiger partial charge is 0.227 e. The third-order valence-corrected chi connectivity index (χ3v) is 3.23. The molecule has 18 heavy (non-hydrogen) atoms. The molecule has 96 valence electrons. The van der Waals surface area contributed by atoms with Gasteiger partial charge >= 0.3 is 0 Å². The van der Waals surface area contributed by atoms with Crippen molar-refractivity contribution in [2.45, 2.75) is 38.1 Å². The third-order valence-electron chi connectivity index (χ3n) is 3.23. The van der Waals surface area contributed by atoms with Crippen LogP contribution < -0.4 is 5.32 Å². The van der Waals surface area contributed by atoms with E-state index in [1.54, 1.807) is 6.20 Å². The van der Waals surface area contributed by atoms with Crippen molar-refractivity contribution in [2.24, 2.45) is 0 Å². The van der Waals surface area contributed by atoms with Gasteiger partial charge in [-0.25, -0.2) is 0 Å². The number of aromatic nitrogens is 5. The van der Waals surface area contributed by atoms with Crippen LogP contribution in [0.25, 0.3) is 11.5 Å². The number of hydrogen-bond acceptors (Lipinski definition) is 6. The number of nitrogens with one attached hydrogen (secondary N) is 2. The van der Waals surface area contributed by atoms with Crippen molar-refractivity contribution >= 4 is 0 Å². The lowest BCUT2D eigenvalue weighted by atomic mass is 10.0. The first kappa shape index (κ1) is 11.3. The van der Waals surface area contributed by atoms with Gasteiger partial charge in [0, 0.05) is 12.5 Å². The Bertz CT molecular complexity index is 473. The second-order valence-electron chi connectivity index (χ2n) is 4.55. The molecule has 2 aromatic rings. The van der Waals surface area contributed by atoms with Crippen LogP contribution in [0.5, 0.6) is 0 Å². The van der Waals surface area contributed by atoms with Gasteiger partial charge in [0.2, 0.25) is 11.7 Å². The molecule has 0 bridgehead atoms. The fraction of sp³-hybridized carbons (Fsp3) is 0.636. The van der Waals surface area contributed by atoms with Gasteiger partial charge in [0.15, 0.2) is 5.69 Å². The van der Waals surface area contributed by atoms with Crippen LogP contribution in [-0.4, -0.2) is 38.1 Å². The third kappa shape index (κ3) is 2.56. The Labute approximate surface area is 104 Å². The number of aryl methyl sites for hydroxylation is 1. The highest BCUT2D eigenvalue weighted by atomic mass is 16.5. The van der Waals surface area contributed by atoms with E-state index < -0.39 is 0 Å². The summed E-state index contributed by atoms with van der Waals surface area (Å²) in [6.07, 6.45) is 7.27. The number of H-pyrrole nitrogens is 1. The van der Waals surface area contributed by atoms with Gasteiger partial charge in [-0.2, -0.15) is 20.4 Å². The van der Waals surface area contributed by atoms with Gasteiger partial charge in [0.25, 0.3) is 0 Å². The molecule has 1 saturated heterocycles. The van der Waals surface area contributed by atoms with Crippen LogP contribution in [0.2, 0.25) is 0 Å². The summed E-state index contributed by atoms with van der Waals surface area (Å²) in [6.45, 7) is 1.12. The second kappa shape index (κ2) is 5.26. The van der Waals surface area contributed by atoms with Crippen molar-refractivity contribution in [3.05, 3.63) is 12.1 Å². The SMILES string of the molecule is c1n[nH]nc1-c1noc(CCC2CCCCN2)n1. The first-order valence-electron chi connectivity index (χ1n) is 6.34. The first-order valence-corrected chi connectivity index (χ1v) is 6.34. The molecule has 7 nitrogen and oxygen atoms in total. The zero-order valence-electron chi connectivity index (χ0n) is 10.1. The normalized spacial score (nSPS) is 20.1. The number of aromatic amines is 1. The largest absolute Gasteiger partial charge is 0.339 e. The van der Waals surface area contributed by atoms with E-state index in [4.69, 9.17) is 4.52 Å². The maximum atomic E-state index is 5.21. The Hall–Kier alpha value is -1.76.